The summed E-state index contributed by atoms with van der Waals surface area (Å²) in [5.74, 6) is -0.450. The Labute approximate surface area is 206 Å². The standard InChI is InChI=1S/C25H48O9/c1-3-5-6-7-8-9-10-27-11-12-28-13-14-29-15-16-30-17-18-31-19-20-32-21-22-33-23-24-34-25(26)4-2/h4H,2-3,5-24H2,1H3. The number of unbranched alkanes of at least 4 members (excludes halogenated alkanes) is 5. The molecule has 202 valence electrons. The number of carbonyl (C=O) groups is 1. The van der Waals surface area contributed by atoms with Gasteiger partial charge in [0.15, 0.2) is 0 Å². The first kappa shape index (κ1) is 32.9. The van der Waals surface area contributed by atoms with E-state index in [9.17, 15) is 4.79 Å². The van der Waals surface area contributed by atoms with Gasteiger partial charge in [0.1, 0.15) is 6.61 Å². The summed E-state index contributed by atoms with van der Waals surface area (Å²) in [5.41, 5.74) is 0. The monoisotopic (exact) mass is 492 g/mol. The lowest BCUT2D eigenvalue weighted by atomic mass is 10.1. The molecule has 9 heteroatoms. The van der Waals surface area contributed by atoms with Crippen molar-refractivity contribution in [3.63, 3.8) is 0 Å². The highest BCUT2D eigenvalue weighted by atomic mass is 16.6. The van der Waals surface area contributed by atoms with E-state index in [1.54, 1.807) is 0 Å². The van der Waals surface area contributed by atoms with Crippen LogP contribution in [0.4, 0.5) is 0 Å². The molecule has 0 saturated carbocycles. The summed E-state index contributed by atoms with van der Waals surface area (Å²) in [6, 6.07) is 0. The Kier molecular flexibility index (Phi) is 29.0. The minimum Gasteiger partial charge on any atom is -0.460 e. The van der Waals surface area contributed by atoms with E-state index in [-0.39, 0.29) is 6.61 Å². The maximum Gasteiger partial charge on any atom is 0.330 e. The average molecular weight is 493 g/mol. The number of hydrogen-bond donors (Lipinski definition) is 0. The molecular formula is C25H48O9. The van der Waals surface area contributed by atoms with Gasteiger partial charge in [-0.1, -0.05) is 45.6 Å². The smallest absolute Gasteiger partial charge is 0.330 e. The molecule has 0 heterocycles. The van der Waals surface area contributed by atoms with Gasteiger partial charge in [0.2, 0.25) is 0 Å². The molecule has 0 N–H and O–H groups in total. The van der Waals surface area contributed by atoms with Gasteiger partial charge in [0, 0.05) is 12.7 Å². The summed E-state index contributed by atoms with van der Waals surface area (Å²) in [6.45, 7) is 13.3. The zero-order valence-corrected chi connectivity index (χ0v) is 21.3. The first-order valence-electron chi connectivity index (χ1n) is 12.6. The fourth-order valence-corrected chi connectivity index (χ4v) is 2.67. The zero-order chi connectivity index (χ0) is 24.8. The van der Waals surface area contributed by atoms with E-state index in [2.05, 4.69) is 13.5 Å². The number of carbonyl (C=O) groups excluding carboxylic acids is 1. The van der Waals surface area contributed by atoms with Crippen LogP contribution in [0.3, 0.4) is 0 Å². The predicted molar refractivity (Wildman–Crippen MR) is 130 cm³/mol. The van der Waals surface area contributed by atoms with Gasteiger partial charge in [-0.15, -0.1) is 0 Å². The van der Waals surface area contributed by atoms with Crippen molar-refractivity contribution in [3.05, 3.63) is 12.7 Å². The van der Waals surface area contributed by atoms with Crippen LogP contribution in [0.1, 0.15) is 45.4 Å². The van der Waals surface area contributed by atoms with Crippen molar-refractivity contribution < 1.29 is 42.7 Å². The molecule has 0 spiro atoms. The zero-order valence-electron chi connectivity index (χ0n) is 21.3. The Balaban J connectivity index is 3.03. The first-order chi connectivity index (χ1) is 16.8. The lowest BCUT2D eigenvalue weighted by molar-refractivity contribution is -0.139. The van der Waals surface area contributed by atoms with Gasteiger partial charge in [-0.05, 0) is 6.42 Å². The topological polar surface area (TPSA) is 90.9 Å². The normalized spacial score (nSPS) is 11.1. The molecule has 9 nitrogen and oxygen atoms in total. The highest BCUT2D eigenvalue weighted by molar-refractivity contribution is 5.81. The molecule has 34 heavy (non-hydrogen) atoms. The van der Waals surface area contributed by atoms with Crippen molar-refractivity contribution in [1.29, 1.82) is 0 Å². The van der Waals surface area contributed by atoms with Crippen LogP contribution in [0.15, 0.2) is 12.7 Å². The Morgan fingerprint density at radius 1 is 0.500 bits per heavy atom. The van der Waals surface area contributed by atoms with Crippen LogP contribution >= 0.6 is 0 Å². The maximum atomic E-state index is 10.8. The second-order valence-electron chi connectivity index (χ2n) is 7.43. The van der Waals surface area contributed by atoms with E-state index in [4.69, 9.17) is 37.9 Å². The van der Waals surface area contributed by atoms with E-state index < -0.39 is 5.97 Å². The van der Waals surface area contributed by atoms with Crippen molar-refractivity contribution in [3.8, 4) is 0 Å². The van der Waals surface area contributed by atoms with Crippen LogP contribution in [-0.4, -0.2) is 105 Å². The largest absolute Gasteiger partial charge is 0.460 e. The van der Waals surface area contributed by atoms with E-state index in [0.717, 1.165) is 19.1 Å². The van der Waals surface area contributed by atoms with Gasteiger partial charge < -0.3 is 37.9 Å². The van der Waals surface area contributed by atoms with Crippen LogP contribution in [0.5, 0.6) is 0 Å². The van der Waals surface area contributed by atoms with Crippen molar-refractivity contribution in [1.82, 2.24) is 0 Å². The Morgan fingerprint density at radius 2 is 0.824 bits per heavy atom. The highest BCUT2D eigenvalue weighted by Gasteiger charge is 1.97. The molecule has 0 aliphatic rings. The number of hydrogen-bond acceptors (Lipinski definition) is 9. The minimum absolute atomic E-state index is 0.210. The van der Waals surface area contributed by atoms with E-state index in [0.29, 0.717) is 85.9 Å². The molecule has 0 fully saturated rings. The van der Waals surface area contributed by atoms with Gasteiger partial charge >= 0.3 is 5.97 Å². The summed E-state index contributed by atoms with van der Waals surface area (Å²) in [6.07, 6.45) is 8.80. The third kappa shape index (κ3) is 29.0. The molecule has 0 rings (SSSR count). The molecule has 0 atom stereocenters. The predicted octanol–water partition coefficient (Wildman–Crippen LogP) is 3.19. The summed E-state index contributed by atoms with van der Waals surface area (Å²) >= 11 is 0. The summed E-state index contributed by atoms with van der Waals surface area (Å²) in [7, 11) is 0. The molecular weight excluding hydrogens is 444 g/mol. The molecule has 0 radical (unpaired) electrons. The van der Waals surface area contributed by atoms with Gasteiger partial charge in [0.05, 0.1) is 85.9 Å². The quantitative estimate of drug-likeness (QED) is 0.0887. The highest BCUT2D eigenvalue weighted by Crippen LogP contribution is 2.04. The molecule has 0 aromatic rings. The van der Waals surface area contributed by atoms with Crippen LogP contribution in [0.2, 0.25) is 0 Å². The van der Waals surface area contributed by atoms with E-state index >= 15 is 0 Å². The van der Waals surface area contributed by atoms with Gasteiger partial charge in [0.25, 0.3) is 0 Å². The molecule has 0 aromatic carbocycles. The summed E-state index contributed by atoms with van der Waals surface area (Å²) in [4.78, 5) is 10.8. The van der Waals surface area contributed by atoms with Crippen molar-refractivity contribution >= 4 is 5.97 Å². The summed E-state index contributed by atoms with van der Waals surface area (Å²) < 4.78 is 42.8. The third-order valence-electron chi connectivity index (χ3n) is 4.51. The van der Waals surface area contributed by atoms with Crippen LogP contribution in [0.25, 0.3) is 0 Å². The van der Waals surface area contributed by atoms with Crippen LogP contribution in [0, 0.1) is 0 Å². The molecule has 0 aliphatic carbocycles. The van der Waals surface area contributed by atoms with Gasteiger partial charge in [-0.25, -0.2) is 4.79 Å². The van der Waals surface area contributed by atoms with Crippen molar-refractivity contribution in [2.75, 3.05) is 99.1 Å². The number of rotatable bonds is 29. The number of ether oxygens (including phenoxy) is 8. The second kappa shape index (κ2) is 30.0. The Morgan fingerprint density at radius 3 is 1.21 bits per heavy atom. The number of esters is 1. The fourth-order valence-electron chi connectivity index (χ4n) is 2.67. The molecule has 0 amide bonds. The second-order valence-corrected chi connectivity index (χ2v) is 7.43. The molecule has 0 aromatic heterocycles. The molecule has 0 bridgehead atoms. The summed E-state index contributed by atoms with van der Waals surface area (Å²) in [5, 5.41) is 0. The van der Waals surface area contributed by atoms with E-state index in [1.807, 2.05) is 0 Å². The fraction of sp³-hybridized carbons (Fsp3) is 0.880. The molecule has 0 saturated heterocycles. The average Bonchev–Trinajstić information content (AvgIpc) is 2.85. The Bertz CT molecular complexity index is 421. The molecule has 0 aliphatic heterocycles. The maximum absolute atomic E-state index is 10.8. The van der Waals surface area contributed by atoms with Gasteiger partial charge in [-0.2, -0.15) is 0 Å². The Hall–Kier alpha value is -1.07. The molecule has 0 unspecified atom stereocenters. The van der Waals surface area contributed by atoms with Crippen molar-refractivity contribution in [2.24, 2.45) is 0 Å². The van der Waals surface area contributed by atoms with Crippen molar-refractivity contribution in [2.45, 2.75) is 45.4 Å². The van der Waals surface area contributed by atoms with E-state index in [1.165, 1.54) is 32.1 Å². The van der Waals surface area contributed by atoms with Gasteiger partial charge in [-0.3, -0.25) is 0 Å². The van der Waals surface area contributed by atoms with Crippen LogP contribution in [-0.2, 0) is 42.7 Å². The lowest BCUT2D eigenvalue weighted by Crippen LogP contribution is -2.15. The van der Waals surface area contributed by atoms with Crippen LogP contribution < -0.4 is 0 Å². The first-order valence-corrected chi connectivity index (χ1v) is 12.6. The SMILES string of the molecule is C=CC(=O)OCCOCCOCCOCCOCCOCCOCCOCCCCCCCC. The minimum atomic E-state index is -0.450. The third-order valence-corrected chi connectivity index (χ3v) is 4.51. The lowest BCUT2D eigenvalue weighted by Gasteiger charge is -2.08.